The summed E-state index contributed by atoms with van der Waals surface area (Å²) in [6.45, 7) is 3.56. The summed E-state index contributed by atoms with van der Waals surface area (Å²) in [6, 6.07) is 20.4. The first-order valence-electron chi connectivity index (χ1n) is 11.2. The molecule has 0 unspecified atom stereocenters. The van der Waals surface area contributed by atoms with Gasteiger partial charge in [0.1, 0.15) is 0 Å². The summed E-state index contributed by atoms with van der Waals surface area (Å²) in [5.74, 6) is -1.00. The van der Waals surface area contributed by atoms with Crippen LogP contribution in [0.5, 0.6) is 0 Å². The monoisotopic (exact) mass is 480 g/mol. The minimum absolute atomic E-state index is 0.0570. The zero-order valence-corrected chi connectivity index (χ0v) is 20.1. The predicted molar refractivity (Wildman–Crippen MR) is 130 cm³/mol. The molecule has 178 valence electrons. The van der Waals surface area contributed by atoms with Gasteiger partial charge < -0.3 is 14.2 Å². The summed E-state index contributed by atoms with van der Waals surface area (Å²) >= 11 is 0. The van der Waals surface area contributed by atoms with Crippen LogP contribution in [0.1, 0.15) is 33.7 Å². The highest BCUT2D eigenvalue weighted by Gasteiger charge is 2.35. The van der Waals surface area contributed by atoms with Crippen LogP contribution in [0, 0.1) is 13.8 Å². The van der Waals surface area contributed by atoms with Crippen LogP contribution in [-0.2, 0) is 25.9 Å². The van der Waals surface area contributed by atoms with Crippen molar-refractivity contribution in [2.75, 3.05) is 18.1 Å². The van der Waals surface area contributed by atoms with Gasteiger partial charge in [0.15, 0.2) is 16.4 Å². The van der Waals surface area contributed by atoms with E-state index < -0.39 is 34.4 Å². The molecule has 0 spiro atoms. The van der Waals surface area contributed by atoms with Crippen molar-refractivity contribution in [1.29, 1.82) is 0 Å². The van der Waals surface area contributed by atoms with Crippen molar-refractivity contribution in [3.05, 3.63) is 89.2 Å². The summed E-state index contributed by atoms with van der Waals surface area (Å²) in [7, 11) is -3.18. The highest BCUT2D eigenvalue weighted by atomic mass is 32.2. The van der Waals surface area contributed by atoms with E-state index in [1.54, 1.807) is 6.07 Å². The van der Waals surface area contributed by atoms with E-state index in [0.29, 0.717) is 12.0 Å². The molecule has 8 heteroatoms. The van der Waals surface area contributed by atoms with Gasteiger partial charge >= 0.3 is 5.97 Å². The Hall–Kier alpha value is -3.39. The average Bonchev–Trinajstić information content (AvgIpc) is 3.34. The number of carbonyl (C=O) groups is 2. The Morgan fingerprint density at radius 2 is 1.68 bits per heavy atom. The fourth-order valence-electron chi connectivity index (χ4n) is 4.45. The number of esters is 1. The Kier molecular flexibility index (Phi) is 6.88. The molecule has 0 N–H and O–H groups in total. The smallest absolute Gasteiger partial charge is 0.340 e. The first-order chi connectivity index (χ1) is 16.2. The van der Waals surface area contributed by atoms with Crippen molar-refractivity contribution >= 4 is 21.7 Å². The minimum atomic E-state index is -3.18. The second-order valence-electron chi connectivity index (χ2n) is 8.60. The topological polar surface area (TPSA) is 85.7 Å². The van der Waals surface area contributed by atoms with Crippen LogP contribution in [-0.4, -0.2) is 53.9 Å². The molecule has 1 aliphatic heterocycles. The molecule has 4 rings (SSSR count). The molecular weight excluding hydrogens is 452 g/mol. The SMILES string of the molecule is Cc1cc(C(=O)OCC(=O)N(Cc2ccccc2)[C@H]2CCS(=O)(=O)C2)c(C)n1-c1ccccc1. The molecule has 0 radical (unpaired) electrons. The van der Waals surface area contributed by atoms with Crippen molar-refractivity contribution in [3.63, 3.8) is 0 Å². The number of amides is 1. The maximum absolute atomic E-state index is 13.1. The molecule has 0 saturated carbocycles. The number of hydrogen-bond acceptors (Lipinski definition) is 5. The lowest BCUT2D eigenvalue weighted by atomic mass is 10.1. The quantitative estimate of drug-likeness (QED) is 0.484. The molecule has 2 aromatic carbocycles. The third-order valence-corrected chi connectivity index (χ3v) is 7.91. The Balaban J connectivity index is 1.49. The van der Waals surface area contributed by atoms with E-state index >= 15 is 0 Å². The number of nitrogens with zero attached hydrogens (tertiary/aromatic N) is 2. The molecule has 2 heterocycles. The fourth-order valence-corrected chi connectivity index (χ4v) is 6.18. The van der Waals surface area contributed by atoms with Crippen molar-refractivity contribution in [2.45, 2.75) is 32.9 Å². The van der Waals surface area contributed by atoms with Crippen LogP contribution in [0.2, 0.25) is 0 Å². The lowest BCUT2D eigenvalue weighted by Gasteiger charge is -2.28. The summed E-state index contributed by atoms with van der Waals surface area (Å²) in [4.78, 5) is 27.5. The van der Waals surface area contributed by atoms with Crippen LogP contribution >= 0.6 is 0 Å². The van der Waals surface area contributed by atoms with E-state index in [-0.39, 0.29) is 18.1 Å². The van der Waals surface area contributed by atoms with Crippen LogP contribution in [0.25, 0.3) is 5.69 Å². The molecule has 1 amide bonds. The molecular formula is C26H28N2O5S. The summed E-state index contributed by atoms with van der Waals surface area (Å²) in [5, 5.41) is 0. The van der Waals surface area contributed by atoms with E-state index in [0.717, 1.165) is 22.6 Å². The Bertz CT molecular complexity index is 1280. The minimum Gasteiger partial charge on any atom is -0.452 e. The number of sulfone groups is 1. The van der Waals surface area contributed by atoms with Gasteiger partial charge in [0, 0.05) is 29.7 Å². The second kappa shape index (κ2) is 9.85. The van der Waals surface area contributed by atoms with E-state index in [1.165, 1.54) is 4.90 Å². The third-order valence-electron chi connectivity index (χ3n) is 6.16. The Morgan fingerprint density at radius 1 is 1.03 bits per heavy atom. The number of aromatic nitrogens is 1. The van der Waals surface area contributed by atoms with Crippen LogP contribution in [0.4, 0.5) is 0 Å². The van der Waals surface area contributed by atoms with Gasteiger partial charge in [-0.15, -0.1) is 0 Å². The van der Waals surface area contributed by atoms with E-state index in [4.69, 9.17) is 4.74 Å². The maximum Gasteiger partial charge on any atom is 0.340 e. The van der Waals surface area contributed by atoms with Gasteiger partial charge in [-0.05, 0) is 44.0 Å². The molecule has 7 nitrogen and oxygen atoms in total. The molecule has 0 aliphatic carbocycles. The Morgan fingerprint density at radius 3 is 2.29 bits per heavy atom. The second-order valence-corrected chi connectivity index (χ2v) is 10.8. The van der Waals surface area contributed by atoms with Crippen molar-refractivity contribution in [2.24, 2.45) is 0 Å². The molecule has 1 fully saturated rings. The highest BCUT2D eigenvalue weighted by molar-refractivity contribution is 7.91. The number of aryl methyl sites for hydroxylation is 1. The standard InChI is InChI=1S/C26H28N2O5S/c1-19-15-24(20(2)28(19)22-11-7-4-8-12-22)26(30)33-17-25(29)27(16-21-9-5-3-6-10-21)23-13-14-34(31,32)18-23/h3-12,15,23H,13-14,16-18H2,1-2H3/t23-/m0/s1. The first-order valence-corrected chi connectivity index (χ1v) is 13.0. The molecule has 1 aliphatic rings. The number of ether oxygens (including phenoxy) is 1. The van der Waals surface area contributed by atoms with Crippen molar-refractivity contribution in [3.8, 4) is 5.69 Å². The fraction of sp³-hybridized carbons (Fsp3) is 0.308. The largest absolute Gasteiger partial charge is 0.452 e. The average molecular weight is 481 g/mol. The molecule has 34 heavy (non-hydrogen) atoms. The lowest BCUT2D eigenvalue weighted by Crippen LogP contribution is -2.42. The zero-order chi connectivity index (χ0) is 24.3. The highest BCUT2D eigenvalue weighted by Crippen LogP contribution is 2.23. The van der Waals surface area contributed by atoms with E-state index in [2.05, 4.69) is 0 Å². The first kappa shape index (κ1) is 23.8. The number of rotatable bonds is 7. The molecule has 0 bridgehead atoms. The normalized spacial score (nSPS) is 16.8. The number of benzene rings is 2. The summed E-state index contributed by atoms with van der Waals surface area (Å²) in [6.07, 6.45) is 0.382. The lowest BCUT2D eigenvalue weighted by molar-refractivity contribution is -0.137. The predicted octanol–water partition coefficient (Wildman–Crippen LogP) is 3.47. The van der Waals surface area contributed by atoms with Gasteiger partial charge in [-0.2, -0.15) is 0 Å². The number of carbonyl (C=O) groups excluding carboxylic acids is 2. The maximum atomic E-state index is 13.1. The van der Waals surface area contributed by atoms with Crippen molar-refractivity contribution < 1.29 is 22.7 Å². The summed E-state index contributed by atoms with van der Waals surface area (Å²) in [5.41, 5.74) is 3.82. The summed E-state index contributed by atoms with van der Waals surface area (Å²) < 4.78 is 31.4. The van der Waals surface area contributed by atoms with E-state index in [9.17, 15) is 18.0 Å². The zero-order valence-electron chi connectivity index (χ0n) is 19.3. The molecule has 1 atom stereocenters. The number of hydrogen-bond donors (Lipinski definition) is 0. The van der Waals surface area contributed by atoms with Crippen LogP contribution in [0.15, 0.2) is 66.7 Å². The van der Waals surface area contributed by atoms with E-state index in [1.807, 2.05) is 79.1 Å². The third kappa shape index (κ3) is 5.22. The van der Waals surface area contributed by atoms with Gasteiger partial charge in [-0.3, -0.25) is 4.79 Å². The van der Waals surface area contributed by atoms with Crippen LogP contribution in [0.3, 0.4) is 0 Å². The number of para-hydroxylation sites is 1. The van der Waals surface area contributed by atoms with Gasteiger partial charge in [-0.25, -0.2) is 13.2 Å². The molecule has 1 aromatic heterocycles. The van der Waals surface area contributed by atoms with Crippen molar-refractivity contribution in [1.82, 2.24) is 9.47 Å². The molecule has 1 saturated heterocycles. The Labute approximate surface area is 199 Å². The van der Waals surface area contributed by atoms with Gasteiger partial charge in [0.25, 0.3) is 5.91 Å². The van der Waals surface area contributed by atoms with Gasteiger partial charge in [0.05, 0.1) is 17.1 Å². The van der Waals surface area contributed by atoms with Crippen LogP contribution < -0.4 is 0 Å². The van der Waals surface area contributed by atoms with Gasteiger partial charge in [-0.1, -0.05) is 48.5 Å². The molecule has 3 aromatic rings. The van der Waals surface area contributed by atoms with Gasteiger partial charge in [0.2, 0.25) is 0 Å².